The summed E-state index contributed by atoms with van der Waals surface area (Å²) in [6.45, 7) is 5.50. The molecule has 0 fully saturated rings. The summed E-state index contributed by atoms with van der Waals surface area (Å²) in [7, 11) is 1.76. The molecule has 1 amide bonds. The first-order valence-corrected chi connectivity index (χ1v) is 9.57. The molecule has 0 saturated carbocycles. The first-order valence-electron chi connectivity index (χ1n) is 9.57. The van der Waals surface area contributed by atoms with Crippen molar-refractivity contribution in [1.82, 2.24) is 0 Å². The summed E-state index contributed by atoms with van der Waals surface area (Å²) in [5.41, 5.74) is 4.18. The number of carbonyl (C=O) groups is 2. The van der Waals surface area contributed by atoms with Crippen LogP contribution in [0.5, 0.6) is 5.75 Å². The lowest BCUT2D eigenvalue weighted by Crippen LogP contribution is -2.26. The molecule has 0 aliphatic carbocycles. The standard InChI is InChI=1S/C25H25NO3/c1-17-8-14-23(15-9-17)26(4)25(28)22-6-5-7-24(16-22)29-19(3)21-12-10-20(11-13-21)18(2)27/h5-16,19H,1-4H3. The summed E-state index contributed by atoms with van der Waals surface area (Å²) in [6, 6.07) is 22.4. The van der Waals surface area contributed by atoms with E-state index in [-0.39, 0.29) is 17.8 Å². The predicted molar refractivity (Wildman–Crippen MR) is 116 cm³/mol. The van der Waals surface area contributed by atoms with E-state index in [1.165, 1.54) is 0 Å². The fourth-order valence-electron chi connectivity index (χ4n) is 3.04. The summed E-state index contributed by atoms with van der Waals surface area (Å²) in [5, 5.41) is 0. The Hall–Kier alpha value is -3.40. The number of anilines is 1. The Kier molecular flexibility index (Phi) is 6.13. The molecular weight excluding hydrogens is 362 g/mol. The minimum Gasteiger partial charge on any atom is -0.486 e. The zero-order chi connectivity index (χ0) is 21.0. The number of Topliss-reactive ketones (excluding diaryl/α,β-unsaturated/α-hetero) is 1. The molecule has 1 unspecified atom stereocenters. The summed E-state index contributed by atoms with van der Waals surface area (Å²) >= 11 is 0. The minimum absolute atomic E-state index is 0.0361. The van der Waals surface area contributed by atoms with Gasteiger partial charge < -0.3 is 9.64 Å². The van der Waals surface area contributed by atoms with Gasteiger partial charge in [0.05, 0.1) is 0 Å². The molecule has 0 aliphatic heterocycles. The van der Waals surface area contributed by atoms with Gasteiger partial charge in [-0.05, 0) is 56.7 Å². The van der Waals surface area contributed by atoms with Gasteiger partial charge in [-0.15, -0.1) is 0 Å². The van der Waals surface area contributed by atoms with Gasteiger partial charge in [-0.2, -0.15) is 0 Å². The molecule has 148 valence electrons. The van der Waals surface area contributed by atoms with Crippen molar-refractivity contribution in [1.29, 1.82) is 0 Å². The molecule has 3 rings (SSSR count). The van der Waals surface area contributed by atoms with Gasteiger partial charge in [0.2, 0.25) is 0 Å². The van der Waals surface area contributed by atoms with E-state index in [0.29, 0.717) is 16.9 Å². The van der Waals surface area contributed by atoms with Crippen molar-refractivity contribution in [2.75, 3.05) is 11.9 Å². The highest BCUT2D eigenvalue weighted by Crippen LogP contribution is 2.24. The Morgan fingerprint density at radius 3 is 2.17 bits per heavy atom. The zero-order valence-corrected chi connectivity index (χ0v) is 17.2. The zero-order valence-electron chi connectivity index (χ0n) is 17.2. The van der Waals surface area contributed by atoms with Gasteiger partial charge in [-0.3, -0.25) is 9.59 Å². The van der Waals surface area contributed by atoms with Crippen molar-refractivity contribution in [3.63, 3.8) is 0 Å². The van der Waals surface area contributed by atoms with Crippen molar-refractivity contribution < 1.29 is 14.3 Å². The third-order valence-corrected chi connectivity index (χ3v) is 4.91. The number of aryl methyl sites for hydroxylation is 1. The van der Waals surface area contributed by atoms with Crippen LogP contribution in [0.4, 0.5) is 5.69 Å². The average molecular weight is 387 g/mol. The molecule has 0 heterocycles. The number of nitrogens with zero attached hydrogens (tertiary/aromatic N) is 1. The van der Waals surface area contributed by atoms with E-state index in [9.17, 15) is 9.59 Å². The molecule has 3 aromatic rings. The van der Waals surface area contributed by atoms with Gasteiger partial charge >= 0.3 is 0 Å². The fraction of sp³-hybridized carbons (Fsp3) is 0.200. The summed E-state index contributed by atoms with van der Waals surface area (Å²) in [4.78, 5) is 25.9. The molecule has 1 atom stereocenters. The van der Waals surface area contributed by atoms with Crippen molar-refractivity contribution >= 4 is 17.4 Å². The molecular formula is C25H25NO3. The summed E-state index contributed by atoms with van der Waals surface area (Å²) in [6.07, 6.45) is -0.212. The maximum Gasteiger partial charge on any atom is 0.258 e. The normalized spacial score (nSPS) is 11.6. The molecule has 0 radical (unpaired) electrons. The SMILES string of the molecule is CC(=O)c1ccc(C(C)Oc2cccc(C(=O)N(C)c3ccc(C)cc3)c2)cc1. The second kappa shape index (κ2) is 8.74. The number of rotatable bonds is 6. The quantitative estimate of drug-likeness (QED) is 0.516. The van der Waals surface area contributed by atoms with Crippen molar-refractivity contribution in [3.05, 3.63) is 95.1 Å². The number of amides is 1. The Balaban J connectivity index is 1.73. The predicted octanol–water partition coefficient (Wildman–Crippen LogP) is 5.61. The number of ether oxygens (including phenoxy) is 1. The monoisotopic (exact) mass is 387 g/mol. The number of carbonyl (C=O) groups excluding carboxylic acids is 2. The highest BCUT2D eigenvalue weighted by Gasteiger charge is 2.15. The summed E-state index contributed by atoms with van der Waals surface area (Å²) in [5.74, 6) is 0.558. The summed E-state index contributed by atoms with van der Waals surface area (Å²) < 4.78 is 6.04. The topological polar surface area (TPSA) is 46.6 Å². The van der Waals surface area contributed by atoms with Gasteiger partial charge in [-0.1, -0.05) is 48.0 Å². The lowest BCUT2D eigenvalue weighted by atomic mass is 10.1. The van der Waals surface area contributed by atoms with Crippen molar-refractivity contribution in [2.24, 2.45) is 0 Å². The number of hydrogen-bond acceptors (Lipinski definition) is 3. The molecule has 0 bridgehead atoms. The second-order valence-electron chi connectivity index (χ2n) is 7.17. The van der Waals surface area contributed by atoms with Crippen LogP contribution in [0.2, 0.25) is 0 Å². The average Bonchev–Trinajstić information content (AvgIpc) is 2.73. The van der Waals surface area contributed by atoms with Crippen LogP contribution >= 0.6 is 0 Å². The number of benzene rings is 3. The molecule has 0 saturated heterocycles. The Morgan fingerprint density at radius 1 is 0.897 bits per heavy atom. The van der Waals surface area contributed by atoms with Gasteiger partial charge in [-0.25, -0.2) is 0 Å². The first kappa shape index (κ1) is 20.3. The lowest BCUT2D eigenvalue weighted by Gasteiger charge is -2.19. The Morgan fingerprint density at radius 2 is 1.55 bits per heavy atom. The fourth-order valence-corrected chi connectivity index (χ4v) is 3.04. The van der Waals surface area contributed by atoms with E-state index in [0.717, 1.165) is 16.8 Å². The minimum atomic E-state index is -0.212. The molecule has 29 heavy (non-hydrogen) atoms. The maximum atomic E-state index is 12.9. The molecule has 0 aliphatic rings. The van der Waals surface area contributed by atoms with E-state index in [4.69, 9.17) is 4.74 Å². The van der Waals surface area contributed by atoms with E-state index in [2.05, 4.69) is 0 Å². The number of ketones is 1. The largest absolute Gasteiger partial charge is 0.486 e. The third kappa shape index (κ3) is 4.91. The van der Waals surface area contributed by atoms with Crippen LogP contribution in [-0.4, -0.2) is 18.7 Å². The highest BCUT2D eigenvalue weighted by molar-refractivity contribution is 6.05. The highest BCUT2D eigenvalue weighted by atomic mass is 16.5. The maximum absolute atomic E-state index is 12.9. The second-order valence-corrected chi connectivity index (χ2v) is 7.17. The molecule has 0 aromatic heterocycles. The van der Waals surface area contributed by atoms with E-state index in [1.54, 1.807) is 43.1 Å². The van der Waals surface area contributed by atoms with Crippen LogP contribution in [0, 0.1) is 6.92 Å². The van der Waals surface area contributed by atoms with E-state index < -0.39 is 0 Å². The van der Waals surface area contributed by atoms with Gasteiger partial charge in [0, 0.05) is 23.9 Å². The lowest BCUT2D eigenvalue weighted by molar-refractivity contribution is 0.0989. The van der Waals surface area contributed by atoms with Crippen LogP contribution in [0.1, 0.15) is 51.8 Å². The molecule has 3 aromatic carbocycles. The Labute approximate surface area is 171 Å². The van der Waals surface area contributed by atoms with E-state index >= 15 is 0 Å². The van der Waals surface area contributed by atoms with Crippen LogP contribution < -0.4 is 9.64 Å². The van der Waals surface area contributed by atoms with Crippen LogP contribution in [-0.2, 0) is 0 Å². The Bertz CT molecular complexity index is 1010. The van der Waals surface area contributed by atoms with Crippen LogP contribution in [0.3, 0.4) is 0 Å². The molecule has 4 heteroatoms. The third-order valence-electron chi connectivity index (χ3n) is 4.91. The van der Waals surface area contributed by atoms with Crippen LogP contribution in [0.25, 0.3) is 0 Å². The first-order chi connectivity index (χ1) is 13.8. The van der Waals surface area contributed by atoms with Crippen molar-refractivity contribution in [3.8, 4) is 5.75 Å². The van der Waals surface area contributed by atoms with Gasteiger partial charge in [0.1, 0.15) is 11.9 Å². The number of hydrogen-bond donors (Lipinski definition) is 0. The van der Waals surface area contributed by atoms with Crippen LogP contribution in [0.15, 0.2) is 72.8 Å². The molecule has 0 N–H and O–H groups in total. The van der Waals surface area contributed by atoms with Crippen molar-refractivity contribution in [2.45, 2.75) is 26.9 Å². The van der Waals surface area contributed by atoms with Gasteiger partial charge in [0.15, 0.2) is 5.78 Å². The molecule has 0 spiro atoms. The van der Waals surface area contributed by atoms with Gasteiger partial charge in [0.25, 0.3) is 5.91 Å². The smallest absolute Gasteiger partial charge is 0.258 e. The van der Waals surface area contributed by atoms with E-state index in [1.807, 2.05) is 62.4 Å². The molecule has 4 nitrogen and oxygen atoms in total.